The van der Waals surface area contributed by atoms with Crippen molar-refractivity contribution < 1.29 is 4.79 Å². The van der Waals surface area contributed by atoms with Crippen LogP contribution in [0.2, 0.25) is 0 Å². The number of rotatable bonds is 7. The van der Waals surface area contributed by atoms with Gasteiger partial charge in [0.2, 0.25) is 5.91 Å². The maximum absolute atomic E-state index is 12.1. The number of nitrogens with one attached hydrogen (secondary N) is 2. The van der Waals surface area contributed by atoms with Crippen LogP contribution in [0.15, 0.2) is 30.3 Å². The van der Waals surface area contributed by atoms with Crippen molar-refractivity contribution in [2.75, 3.05) is 11.5 Å². The van der Waals surface area contributed by atoms with Gasteiger partial charge in [-0.1, -0.05) is 37.3 Å². The molecule has 0 saturated carbocycles. The Bertz CT molecular complexity index is 570. The van der Waals surface area contributed by atoms with Crippen LogP contribution in [-0.4, -0.2) is 32.6 Å². The molecule has 0 aliphatic heterocycles. The molecule has 2 N–H and O–H groups in total. The Morgan fingerprint density at radius 2 is 2.14 bits per heavy atom. The van der Waals surface area contributed by atoms with Crippen molar-refractivity contribution in [3.8, 4) is 0 Å². The molecule has 0 aliphatic carbocycles. The van der Waals surface area contributed by atoms with Crippen LogP contribution in [0.1, 0.15) is 36.6 Å². The monoisotopic (exact) mass is 304 g/mol. The zero-order valence-electron chi connectivity index (χ0n) is 12.3. The van der Waals surface area contributed by atoms with Crippen LogP contribution < -0.4 is 5.32 Å². The van der Waals surface area contributed by atoms with E-state index in [4.69, 9.17) is 0 Å². The lowest BCUT2D eigenvalue weighted by Gasteiger charge is -2.16. The predicted octanol–water partition coefficient (Wildman–Crippen LogP) is 2.46. The van der Waals surface area contributed by atoms with E-state index in [2.05, 4.69) is 27.4 Å². The molecule has 0 fully saturated rings. The van der Waals surface area contributed by atoms with Gasteiger partial charge in [-0.05, 0) is 24.7 Å². The maximum Gasteiger partial charge on any atom is 0.230 e. The number of nitrogens with zero attached hydrogens (tertiary/aromatic N) is 2. The van der Waals surface area contributed by atoms with E-state index in [1.807, 2.05) is 37.3 Å². The van der Waals surface area contributed by atoms with Gasteiger partial charge in [-0.15, -0.1) is 0 Å². The number of carbonyl (C=O) groups is 1. The number of carbonyl (C=O) groups excluding carboxylic acids is 1. The van der Waals surface area contributed by atoms with Crippen molar-refractivity contribution in [1.29, 1.82) is 0 Å². The predicted molar refractivity (Wildman–Crippen MR) is 85.2 cm³/mol. The van der Waals surface area contributed by atoms with Crippen LogP contribution in [0.25, 0.3) is 0 Å². The van der Waals surface area contributed by atoms with E-state index in [1.54, 1.807) is 11.8 Å². The Balaban J connectivity index is 2.11. The molecule has 1 aromatic heterocycles. The minimum Gasteiger partial charge on any atom is -0.341 e. The second kappa shape index (κ2) is 7.83. The van der Waals surface area contributed by atoms with Crippen LogP contribution in [0, 0.1) is 6.92 Å². The average Bonchev–Trinajstić information content (AvgIpc) is 2.92. The van der Waals surface area contributed by atoms with Crippen LogP contribution in [0.4, 0.5) is 0 Å². The molecule has 21 heavy (non-hydrogen) atoms. The Labute approximate surface area is 128 Å². The molecule has 2 aromatic rings. The standard InChI is InChI=1S/C15H20N4OS/c1-3-9-21-10-13(20)17-14(12-7-5-4-6-8-12)15-16-11(2)18-19-15/h4-8,14H,3,9-10H2,1-2H3,(H,17,20)(H,16,18,19)/t14-/m1/s1. The summed E-state index contributed by atoms with van der Waals surface area (Å²) in [4.78, 5) is 16.4. The van der Waals surface area contributed by atoms with E-state index in [1.165, 1.54) is 0 Å². The Hall–Kier alpha value is -1.82. The molecule has 112 valence electrons. The summed E-state index contributed by atoms with van der Waals surface area (Å²) in [6.45, 7) is 3.95. The second-order valence-corrected chi connectivity index (χ2v) is 5.85. The number of benzene rings is 1. The minimum absolute atomic E-state index is 0.00440. The lowest BCUT2D eigenvalue weighted by Crippen LogP contribution is -2.31. The van der Waals surface area contributed by atoms with E-state index in [-0.39, 0.29) is 11.9 Å². The fourth-order valence-corrected chi connectivity index (χ4v) is 2.65. The third-order valence-electron chi connectivity index (χ3n) is 2.89. The smallest absolute Gasteiger partial charge is 0.230 e. The molecule has 0 aliphatic rings. The molecule has 2 rings (SSSR count). The summed E-state index contributed by atoms with van der Waals surface area (Å²) < 4.78 is 0. The first-order chi connectivity index (χ1) is 10.2. The van der Waals surface area contributed by atoms with Gasteiger partial charge in [0.15, 0.2) is 5.82 Å². The van der Waals surface area contributed by atoms with Gasteiger partial charge in [0.05, 0.1) is 5.75 Å². The van der Waals surface area contributed by atoms with Crippen molar-refractivity contribution in [3.63, 3.8) is 0 Å². The lowest BCUT2D eigenvalue weighted by molar-refractivity contribution is -0.119. The number of amides is 1. The molecule has 1 aromatic carbocycles. The minimum atomic E-state index is -0.314. The van der Waals surface area contributed by atoms with E-state index < -0.39 is 0 Å². The van der Waals surface area contributed by atoms with Gasteiger partial charge in [0, 0.05) is 0 Å². The molecule has 0 unspecified atom stereocenters. The third kappa shape index (κ3) is 4.60. The van der Waals surface area contributed by atoms with Crippen molar-refractivity contribution in [2.24, 2.45) is 0 Å². The molecule has 1 atom stereocenters. The summed E-state index contributed by atoms with van der Waals surface area (Å²) in [5.41, 5.74) is 0.977. The number of hydrogen-bond acceptors (Lipinski definition) is 4. The van der Waals surface area contributed by atoms with Crippen molar-refractivity contribution in [1.82, 2.24) is 20.5 Å². The summed E-state index contributed by atoms with van der Waals surface area (Å²) in [6.07, 6.45) is 1.07. The van der Waals surface area contributed by atoms with E-state index in [9.17, 15) is 4.79 Å². The molecule has 1 heterocycles. The summed E-state index contributed by atoms with van der Waals surface area (Å²) >= 11 is 1.64. The third-order valence-corrected chi connectivity index (χ3v) is 4.06. The average molecular weight is 304 g/mol. The topological polar surface area (TPSA) is 70.7 Å². The van der Waals surface area contributed by atoms with Crippen molar-refractivity contribution in [2.45, 2.75) is 26.3 Å². The number of H-pyrrole nitrogens is 1. The van der Waals surface area contributed by atoms with Gasteiger partial charge >= 0.3 is 0 Å². The molecular formula is C15H20N4OS. The Morgan fingerprint density at radius 3 is 2.76 bits per heavy atom. The number of aromatic amines is 1. The second-order valence-electron chi connectivity index (χ2n) is 4.74. The maximum atomic E-state index is 12.1. The highest BCUT2D eigenvalue weighted by Crippen LogP contribution is 2.19. The molecule has 0 spiro atoms. The lowest BCUT2D eigenvalue weighted by atomic mass is 10.1. The largest absolute Gasteiger partial charge is 0.341 e. The fraction of sp³-hybridized carbons (Fsp3) is 0.400. The molecule has 0 bridgehead atoms. The highest BCUT2D eigenvalue weighted by molar-refractivity contribution is 7.99. The van der Waals surface area contributed by atoms with Crippen molar-refractivity contribution in [3.05, 3.63) is 47.5 Å². The zero-order chi connectivity index (χ0) is 15.1. The Kier molecular flexibility index (Phi) is 5.80. The van der Waals surface area contributed by atoms with Crippen molar-refractivity contribution >= 4 is 17.7 Å². The van der Waals surface area contributed by atoms with Gasteiger partial charge in [0.25, 0.3) is 0 Å². The van der Waals surface area contributed by atoms with Gasteiger partial charge in [-0.25, -0.2) is 4.98 Å². The summed E-state index contributed by atoms with van der Waals surface area (Å²) in [7, 11) is 0. The molecular weight excluding hydrogens is 284 g/mol. The summed E-state index contributed by atoms with van der Waals surface area (Å²) in [5, 5.41) is 10.0. The number of aryl methyl sites for hydroxylation is 1. The number of hydrogen-bond donors (Lipinski definition) is 2. The highest BCUT2D eigenvalue weighted by atomic mass is 32.2. The Morgan fingerprint density at radius 1 is 1.38 bits per heavy atom. The first kappa shape index (κ1) is 15.6. The number of thioether (sulfide) groups is 1. The normalized spacial score (nSPS) is 12.1. The molecule has 6 heteroatoms. The highest BCUT2D eigenvalue weighted by Gasteiger charge is 2.20. The van der Waals surface area contributed by atoms with E-state index in [0.717, 1.165) is 23.6 Å². The van der Waals surface area contributed by atoms with Gasteiger partial charge < -0.3 is 5.32 Å². The fourth-order valence-electron chi connectivity index (χ4n) is 1.94. The van der Waals surface area contributed by atoms with Crippen LogP contribution in [0.5, 0.6) is 0 Å². The van der Waals surface area contributed by atoms with E-state index in [0.29, 0.717) is 11.6 Å². The van der Waals surface area contributed by atoms with Crippen LogP contribution in [0.3, 0.4) is 0 Å². The van der Waals surface area contributed by atoms with E-state index >= 15 is 0 Å². The van der Waals surface area contributed by atoms with Gasteiger partial charge in [-0.3, -0.25) is 9.89 Å². The molecule has 1 amide bonds. The first-order valence-electron chi connectivity index (χ1n) is 7.01. The molecule has 0 saturated heterocycles. The molecule has 0 radical (unpaired) electrons. The van der Waals surface area contributed by atoms with Crippen LogP contribution >= 0.6 is 11.8 Å². The summed E-state index contributed by atoms with van der Waals surface area (Å²) in [5.74, 6) is 2.78. The SMILES string of the molecule is CCCSCC(=O)N[C@H](c1ccccc1)c1n[nH]c(C)n1. The first-order valence-corrected chi connectivity index (χ1v) is 8.17. The molecule has 5 nitrogen and oxygen atoms in total. The summed E-state index contributed by atoms with van der Waals surface area (Å²) in [6, 6.07) is 9.46. The van der Waals surface area contributed by atoms with Gasteiger partial charge in [0.1, 0.15) is 11.9 Å². The van der Waals surface area contributed by atoms with Crippen LogP contribution in [-0.2, 0) is 4.79 Å². The number of aromatic nitrogens is 3. The quantitative estimate of drug-likeness (QED) is 0.771. The zero-order valence-corrected chi connectivity index (χ0v) is 13.1. The van der Waals surface area contributed by atoms with Gasteiger partial charge in [-0.2, -0.15) is 16.9 Å².